The molecule has 3 aromatic carbocycles. The van der Waals surface area contributed by atoms with Gasteiger partial charge in [0.2, 0.25) is 0 Å². The second-order valence-corrected chi connectivity index (χ2v) is 13.0. The second kappa shape index (κ2) is 8.10. The number of hydrogen-bond donors (Lipinski definition) is 0. The molecule has 1 aromatic heterocycles. The smallest absolute Gasteiger partial charge is 0.241 e. The van der Waals surface area contributed by atoms with Gasteiger partial charge in [-0.05, 0) is 77.8 Å². The minimum Gasteiger partial charge on any atom is -0.241 e. The maximum absolute atomic E-state index is 13.6. The first-order valence-corrected chi connectivity index (χ1v) is 14.5. The third-order valence-electron chi connectivity index (χ3n) is 7.01. The molecule has 5 rings (SSSR count). The van der Waals surface area contributed by atoms with Crippen LogP contribution in [0.2, 0.25) is 0 Å². The standard InChI is InChI=1S/C27H27NO4S2/c1-18-16-19(2)26-25(18)20(3)24(17-33(29,30)21-10-6-4-7-11-21)23-14-15-28(27(23)26)34(31,32)22-12-8-5-9-13-22/h4-15,18-19H,16-17H2,1-3H3/t18-,19+/m1/s1. The van der Waals surface area contributed by atoms with Crippen LogP contribution < -0.4 is 0 Å². The highest BCUT2D eigenvalue weighted by Crippen LogP contribution is 2.49. The van der Waals surface area contributed by atoms with E-state index in [-0.39, 0.29) is 27.4 Å². The van der Waals surface area contributed by atoms with Gasteiger partial charge in [-0.15, -0.1) is 0 Å². The molecule has 34 heavy (non-hydrogen) atoms. The van der Waals surface area contributed by atoms with E-state index in [4.69, 9.17) is 0 Å². The molecule has 2 atom stereocenters. The quantitative estimate of drug-likeness (QED) is 0.354. The van der Waals surface area contributed by atoms with Gasteiger partial charge in [0.15, 0.2) is 9.84 Å². The van der Waals surface area contributed by atoms with Crippen molar-refractivity contribution in [3.05, 3.63) is 95.2 Å². The summed E-state index contributed by atoms with van der Waals surface area (Å²) < 4.78 is 55.3. The Hall–Kier alpha value is -2.90. The molecular weight excluding hydrogens is 466 g/mol. The van der Waals surface area contributed by atoms with Crippen molar-refractivity contribution in [1.29, 1.82) is 0 Å². The molecule has 1 aliphatic rings. The third kappa shape index (κ3) is 3.49. The number of rotatable bonds is 5. The molecule has 0 amide bonds. The molecule has 0 saturated carbocycles. The van der Waals surface area contributed by atoms with E-state index in [1.165, 1.54) is 3.97 Å². The molecule has 0 saturated heterocycles. The Morgan fingerprint density at radius 2 is 1.35 bits per heavy atom. The predicted octanol–water partition coefficient (Wildman–Crippen LogP) is 5.77. The summed E-state index contributed by atoms with van der Waals surface area (Å²) in [5.74, 6) is 0.212. The lowest BCUT2D eigenvalue weighted by atomic mass is 9.91. The number of sulfone groups is 1. The van der Waals surface area contributed by atoms with E-state index < -0.39 is 19.9 Å². The Bertz CT molecular complexity index is 1600. The van der Waals surface area contributed by atoms with Crippen molar-refractivity contribution >= 4 is 30.8 Å². The molecular formula is C27H27NO4S2. The molecule has 7 heteroatoms. The summed E-state index contributed by atoms with van der Waals surface area (Å²) in [6.45, 7) is 6.23. The fourth-order valence-corrected chi connectivity index (χ4v) is 8.39. The number of aromatic nitrogens is 1. The fraction of sp³-hybridized carbons (Fsp3) is 0.259. The molecule has 0 spiro atoms. The van der Waals surface area contributed by atoms with Gasteiger partial charge in [-0.1, -0.05) is 50.2 Å². The maximum Gasteiger partial charge on any atom is 0.268 e. The first kappa shape index (κ1) is 22.9. The lowest BCUT2D eigenvalue weighted by Crippen LogP contribution is -2.14. The van der Waals surface area contributed by atoms with E-state index >= 15 is 0 Å². The van der Waals surface area contributed by atoms with Crippen LogP contribution in [0, 0.1) is 6.92 Å². The van der Waals surface area contributed by atoms with Crippen LogP contribution in [0.15, 0.2) is 82.7 Å². The van der Waals surface area contributed by atoms with Crippen molar-refractivity contribution in [2.75, 3.05) is 0 Å². The van der Waals surface area contributed by atoms with Crippen LogP contribution in [0.1, 0.15) is 54.4 Å². The monoisotopic (exact) mass is 493 g/mol. The molecule has 4 aromatic rings. The molecule has 5 nitrogen and oxygen atoms in total. The molecule has 0 radical (unpaired) electrons. The summed E-state index contributed by atoms with van der Waals surface area (Å²) in [4.78, 5) is 0.472. The van der Waals surface area contributed by atoms with Crippen molar-refractivity contribution < 1.29 is 16.8 Å². The Balaban J connectivity index is 1.80. The Labute approximate surface area is 201 Å². The molecule has 0 bridgehead atoms. The van der Waals surface area contributed by atoms with Crippen LogP contribution in [-0.2, 0) is 25.6 Å². The zero-order chi connectivity index (χ0) is 24.3. The number of fused-ring (bicyclic) bond motifs is 3. The molecule has 1 heterocycles. The molecule has 0 N–H and O–H groups in total. The van der Waals surface area contributed by atoms with Crippen LogP contribution >= 0.6 is 0 Å². The first-order chi connectivity index (χ1) is 16.1. The summed E-state index contributed by atoms with van der Waals surface area (Å²) in [5.41, 5.74) is 4.35. The summed E-state index contributed by atoms with van der Waals surface area (Å²) in [5, 5.41) is 0.691. The van der Waals surface area contributed by atoms with Gasteiger partial charge in [-0.25, -0.2) is 20.8 Å². The lowest BCUT2D eigenvalue weighted by Gasteiger charge is -2.19. The molecule has 1 aliphatic carbocycles. The second-order valence-electron chi connectivity index (χ2n) is 9.23. The van der Waals surface area contributed by atoms with E-state index in [0.717, 1.165) is 23.1 Å². The molecule has 176 valence electrons. The van der Waals surface area contributed by atoms with E-state index in [9.17, 15) is 16.8 Å². The zero-order valence-corrected chi connectivity index (χ0v) is 21.0. The highest BCUT2D eigenvalue weighted by Gasteiger charge is 2.35. The van der Waals surface area contributed by atoms with Crippen molar-refractivity contribution in [2.24, 2.45) is 0 Å². The fourth-order valence-electron chi connectivity index (χ4n) is 5.51. The Kier molecular flexibility index (Phi) is 5.45. The van der Waals surface area contributed by atoms with Gasteiger partial charge in [0.1, 0.15) is 0 Å². The number of benzene rings is 3. The van der Waals surface area contributed by atoms with Crippen molar-refractivity contribution in [1.82, 2.24) is 3.97 Å². The summed E-state index contributed by atoms with van der Waals surface area (Å²) in [7, 11) is -7.46. The van der Waals surface area contributed by atoms with E-state index in [1.807, 2.05) is 6.92 Å². The highest BCUT2D eigenvalue weighted by molar-refractivity contribution is 7.90. The predicted molar refractivity (Wildman–Crippen MR) is 134 cm³/mol. The summed E-state index contributed by atoms with van der Waals surface area (Å²) in [6.07, 6.45) is 2.47. The molecule has 0 unspecified atom stereocenters. The largest absolute Gasteiger partial charge is 0.268 e. The molecule has 0 aliphatic heterocycles. The minimum atomic E-state index is -3.84. The zero-order valence-electron chi connectivity index (χ0n) is 19.4. The highest BCUT2D eigenvalue weighted by atomic mass is 32.2. The average molecular weight is 494 g/mol. The van der Waals surface area contributed by atoms with Crippen molar-refractivity contribution in [3.63, 3.8) is 0 Å². The van der Waals surface area contributed by atoms with Gasteiger partial charge in [0.05, 0.1) is 21.1 Å². The lowest BCUT2D eigenvalue weighted by molar-refractivity contribution is 0.588. The van der Waals surface area contributed by atoms with Crippen LogP contribution in [0.4, 0.5) is 0 Å². The summed E-state index contributed by atoms with van der Waals surface area (Å²) in [6, 6.07) is 18.5. The molecule has 0 fully saturated rings. The van der Waals surface area contributed by atoms with Gasteiger partial charge in [0.25, 0.3) is 10.0 Å². The SMILES string of the molecule is Cc1c2c(c3c(ccn3S(=O)(=O)c3ccccc3)c1CS(=O)(=O)c1ccccc1)[C@@H](C)C[C@H]2C. The number of nitrogens with zero attached hydrogens (tertiary/aromatic N) is 1. The van der Waals surface area contributed by atoms with Crippen molar-refractivity contribution in [3.8, 4) is 0 Å². The van der Waals surface area contributed by atoms with E-state index in [1.54, 1.807) is 72.9 Å². The van der Waals surface area contributed by atoms with Gasteiger partial charge in [0, 0.05) is 11.6 Å². The van der Waals surface area contributed by atoms with E-state index in [2.05, 4.69) is 13.8 Å². The Morgan fingerprint density at radius 1 is 0.794 bits per heavy atom. The van der Waals surface area contributed by atoms with Crippen LogP contribution in [0.5, 0.6) is 0 Å². The first-order valence-electron chi connectivity index (χ1n) is 11.4. The maximum atomic E-state index is 13.6. The van der Waals surface area contributed by atoms with Crippen molar-refractivity contribution in [2.45, 2.75) is 54.6 Å². The topological polar surface area (TPSA) is 73.2 Å². The van der Waals surface area contributed by atoms with Crippen LogP contribution in [-0.4, -0.2) is 20.8 Å². The average Bonchev–Trinajstić information content (AvgIpc) is 3.39. The van der Waals surface area contributed by atoms with Gasteiger partial charge >= 0.3 is 0 Å². The normalized spacial score (nSPS) is 18.3. The third-order valence-corrected chi connectivity index (χ3v) is 10.4. The van der Waals surface area contributed by atoms with E-state index in [0.29, 0.717) is 16.5 Å². The van der Waals surface area contributed by atoms with Gasteiger partial charge < -0.3 is 0 Å². The van der Waals surface area contributed by atoms with Crippen LogP contribution in [0.3, 0.4) is 0 Å². The van der Waals surface area contributed by atoms with Gasteiger partial charge in [-0.3, -0.25) is 0 Å². The van der Waals surface area contributed by atoms with Crippen LogP contribution in [0.25, 0.3) is 10.9 Å². The minimum absolute atomic E-state index is 0.172. The summed E-state index contributed by atoms with van der Waals surface area (Å²) >= 11 is 0. The Morgan fingerprint density at radius 3 is 1.97 bits per heavy atom. The number of hydrogen-bond acceptors (Lipinski definition) is 4. The van der Waals surface area contributed by atoms with Gasteiger partial charge in [-0.2, -0.15) is 0 Å².